The predicted molar refractivity (Wildman–Crippen MR) is 156 cm³/mol. The van der Waals surface area contributed by atoms with Crippen LogP contribution in [0.3, 0.4) is 0 Å². The molecule has 3 N–H and O–H groups in total. The first-order valence-corrected chi connectivity index (χ1v) is 12.5. The molecule has 10 nitrogen and oxygen atoms in total. The third-order valence-electron chi connectivity index (χ3n) is 6.26. The maximum Gasteiger partial charge on any atom is 0.337 e. The van der Waals surface area contributed by atoms with Gasteiger partial charge in [-0.05, 0) is 50.0 Å². The van der Waals surface area contributed by atoms with Crippen molar-refractivity contribution in [2.75, 3.05) is 55.6 Å². The zero-order valence-corrected chi connectivity index (χ0v) is 23.0. The standard InChI is InChI=1S/C30H31N5O5/c1-18(36)31-24-16-21(12-14-25(24)35(4)26(37)17-34(2)3)32-28(19-9-7-6-8-10-19)27-22-13-11-20(30(39)40-5)15-23(22)33-29(27)38/h6-16,32H,17H2,1-5H3,(H,31,36)(H,33,38). The van der Waals surface area contributed by atoms with Gasteiger partial charge in [0.25, 0.3) is 5.91 Å². The van der Waals surface area contributed by atoms with E-state index in [2.05, 4.69) is 16.0 Å². The number of ether oxygens (including phenoxy) is 1. The molecule has 40 heavy (non-hydrogen) atoms. The molecule has 0 aromatic heterocycles. The number of likely N-dealkylation sites (N-methyl/N-ethyl adjacent to an activating group) is 2. The summed E-state index contributed by atoms with van der Waals surface area (Å²) >= 11 is 0. The molecule has 10 heteroatoms. The van der Waals surface area contributed by atoms with E-state index in [1.807, 2.05) is 30.3 Å². The number of anilines is 4. The van der Waals surface area contributed by atoms with E-state index >= 15 is 0 Å². The summed E-state index contributed by atoms with van der Waals surface area (Å²) in [6.07, 6.45) is 0. The first-order valence-electron chi connectivity index (χ1n) is 12.5. The number of hydrogen-bond acceptors (Lipinski definition) is 7. The van der Waals surface area contributed by atoms with Crippen LogP contribution in [0.25, 0.3) is 11.3 Å². The summed E-state index contributed by atoms with van der Waals surface area (Å²) < 4.78 is 4.81. The Labute approximate surface area is 232 Å². The molecule has 1 aliphatic heterocycles. The van der Waals surface area contributed by atoms with Gasteiger partial charge in [0.15, 0.2) is 0 Å². The minimum absolute atomic E-state index is 0.144. The second kappa shape index (κ2) is 11.8. The van der Waals surface area contributed by atoms with Gasteiger partial charge in [-0.15, -0.1) is 0 Å². The van der Waals surface area contributed by atoms with E-state index in [4.69, 9.17) is 4.74 Å². The van der Waals surface area contributed by atoms with Gasteiger partial charge < -0.3 is 30.5 Å². The van der Waals surface area contributed by atoms with E-state index < -0.39 is 5.97 Å². The fourth-order valence-corrected chi connectivity index (χ4v) is 4.40. The van der Waals surface area contributed by atoms with E-state index in [1.54, 1.807) is 62.4 Å². The van der Waals surface area contributed by atoms with Crippen LogP contribution in [0.1, 0.15) is 28.4 Å². The van der Waals surface area contributed by atoms with Gasteiger partial charge in [0.05, 0.1) is 47.6 Å². The number of nitrogens with one attached hydrogen (secondary N) is 3. The third kappa shape index (κ3) is 6.02. The Morgan fingerprint density at radius 3 is 2.27 bits per heavy atom. The highest BCUT2D eigenvalue weighted by Crippen LogP contribution is 2.39. The van der Waals surface area contributed by atoms with E-state index in [1.165, 1.54) is 18.9 Å². The molecular formula is C30H31N5O5. The zero-order chi connectivity index (χ0) is 29.0. The summed E-state index contributed by atoms with van der Waals surface area (Å²) in [4.78, 5) is 53.3. The van der Waals surface area contributed by atoms with Crippen LogP contribution < -0.4 is 20.9 Å². The molecule has 0 spiro atoms. The summed E-state index contributed by atoms with van der Waals surface area (Å²) in [5, 5.41) is 9.01. The Hall–Kier alpha value is -4.96. The molecule has 3 amide bonds. The fourth-order valence-electron chi connectivity index (χ4n) is 4.40. The first-order chi connectivity index (χ1) is 19.1. The van der Waals surface area contributed by atoms with Crippen molar-refractivity contribution in [2.45, 2.75) is 6.92 Å². The Morgan fingerprint density at radius 1 is 0.900 bits per heavy atom. The lowest BCUT2D eigenvalue weighted by Gasteiger charge is -2.23. The number of carbonyl (C=O) groups is 4. The summed E-state index contributed by atoms with van der Waals surface area (Å²) in [5.74, 6) is -1.28. The van der Waals surface area contributed by atoms with E-state index in [9.17, 15) is 19.2 Å². The van der Waals surface area contributed by atoms with Gasteiger partial charge in [0.1, 0.15) is 0 Å². The van der Waals surface area contributed by atoms with Gasteiger partial charge >= 0.3 is 5.97 Å². The van der Waals surface area contributed by atoms with Gasteiger partial charge in [0.2, 0.25) is 11.8 Å². The number of carbonyl (C=O) groups excluding carboxylic acids is 4. The molecule has 1 heterocycles. The van der Waals surface area contributed by atoms with Gasteiger partial charge in [-0.2, -0.15) is 0 Å². The molecule has 0 saturated heterocycles. The maximum atomic E-state index is 13.3. The van der Waals surface area contributed by atoms with Gasteiger partial charge in [-0.25, -0.2) is 4.79 Å². The largest absolute Gasteiger partial charge is 0.465 e. The second-order valence-electron chi connectivity index (χ2n) is 9.55. The number of benzene rings is 3. The van der Waals surface area contributed by atoms with Crippen LogP contribution in [0.5, 0.6) is 0 Å². The Balaban J connectivity index is 1.81. The van der Waals surface area contributed by atoms with E-state index in [0.29, 0.717) is 45.1 Å². The average molecular weight is 542 g/mol. The molecular weight excluding hydrogens is 510 g/mol. The van der Waals surface area contributed by atoms with Gasteiger partial charge in [0, 0.05) is 25.2 Å². The van der Waals surface area contributed by atoms with Crippen molar-refractivity contribution < 1.29 is 23.9 Å². The summed E-state index contributed by atoms with van der Waals surface area (Å²) in [6, 6.07) is 19.5. The SMILES string of the molecule is COC(=O)c1ccc2c(c1)NC(=O)C2=C(Nc1ccc(N(C)C(=O)CN(C)C)c(NC(C)=O)c1)c1ccccc1. The summed E-state index contributed by atoms with van der Waals surface area (Å²) in [6.45, 7) is 1.59. The van der Waals surface area contributed by atoms with Crippen LogP contribution in [0.15, 0.2) is 66.7 Å². The van der Waals surface area contributed by atoms with Crippen molar-refractivity contribution in [1.82, 2.24) is 4.90 Å². The van der Waals surface area contributed by atoms with Crippen LogP contribution in [-0.2, 0) is 19.1 Å². The normalized spacial score (nSPS) is 13.3. The number of hydrogen-bond donors (Lipinski definition) is 3. The maximum absolute atomic E-state index is 13.3. The van der Waals surface area contributed by atoms with Crippen molar-refractivity contribution >= 4 is 57.7 Å². The van der Waals surface area contributed by atoms with Crippen molar-refractivity contribution in [1.29, 1.82) is 0 Å². The minimum atomic E-state index is -0.504. The first kappa shape index (κ1) is 28.1. The highest BCUT2D eigenvalue weighted by Gasteiger charge is 2.29. The second-order valence-corrected chi connectivity index (χ2v) is 9.55. The number of esters is 1. The molecule has 1 aliphatic rings. The summed E-state index contributed by atoms with van der Waals surface area (Å²) in [7, 11) is 6.56. The Kier molecular flexibility index (Phi) is 8.30. The number of rotatable bonds is 8. The zero-order valence-electron chi connectivity index (χ0n) is 23.0. The fraction of sp³-hybridized carbons (Fsp3) is 0.200. The van der Waals surface area contributed by atoms with Crippen molar-refractivity contribution in [2.24, 2.45) is 0 Å². The molecule has 0 radical (unpaired) electrons. The Morgan fingerprint density at radius 2 is 1.62 bits per heavy atom. The number of amides is 3. The van der Waals surface area contributed by atoms with Crippen LogP contribution in [-0.4, -0.2) is 63.4 Å². The number of fused-ring (bicyclic) bond motifs is 1. The number of nitrogens with zero attached hydrogens (tertiary/aromatic N) is 2. The van der Waals surface area contributed by atoms with Crippen LogP contribution >= 0.6 is 0 Å². The summed E-state index contributed by atoms with van der Waals surface area (Å²) in [5.41, 5.74) is 4.65. The lowest BCUT2D eigenvalue weighted by molar-refractivity contribution is -0.119. The van der Waals surface area contributed by atoms with E-state index in [0.717, 1.165) is 5.56 Å². The van der Waals surface area contributed by atoms with Crippen molar-refractivity contribution in [3.8, 4) is 0 Å². The van der Waals surface area contributed by atoms with Crippen molar-refractivity contribution in [3.05, 3.63) is 83.4 Å². The number of methoxy groups -OCH3 is 1. The molecule has 0 bridgehead atoms. The smallest absolute Gasteiger partial charge is 0.337 e. The monoisotopic (exact) mass is 541 g/mol. The molecule has 206 valence electrons. The van der Waals surface area contributed by atoms with Crippen LogP contribution in [0.2, 0.25) is 0 Å². The van der Waals surface area contributed by atoms with Crippen LogP contribution in [0.4, 0.5) is 22.7 Å². The molecule has 0 aliphatic carbocycles. The molecule has 3 aromatic carbocycles. The predicted octanol–water partition coefficient (Wildman–Crippen LogP) is 3.89. The molecule has 0 atom stereocenters. The highest BCUT2D eigenvalue weighted by atomic mass is 16.5. The quantitative estimate of drug-likeness (QED) is 0.292. The molecule has 0 unspecified atom stereocenters. The van der Waals surface area contributed by atoms with Gasteiger partial charge in [-0.1, -0.05) is 36.4 Å². The lowest BCUT2D eigenvalue weighted by atomic mass is 9.99. The van der Waals surface area contributed by atoms with Gasteiger partial charge in [-0.3, -0.25) is 14.4 Å². The molecule has 3 aromatic rings. The molecule has 4 rings (SSSR count). The highest BCUT2D eigenvalue weighted by molar-refractivity contribution is 6.37. The Bertz CT molecular complexity index is 1510. The average Bonchev–Trinajstić information content (AvgIpc) is 3.25. The lowest BCUT2D eigenvalue weighted by Crippen LogP contribution is -2.35. The van der Waals surface area contributed by atoms with E-state index in [-0.39, 0.29) is 24.3 Å². The molecule has 0 saturated carbocycles. The minimum Gasteiger partial charge on any atom is -0.465 e. The third-order valence-corrected chi connectivity index (χ3v) is 6.26. The topological polar surface area (TPSA) is 120 Å². The molecule has 0 fully saturated rings. The van der Waals surface area contributed by atoms with Crippen LogP contribution in [0, 0.1) is 0 Å². The van der Waals surface area contributed by atoms with Crippen molar-refractivity contribution in [3.63, 3.8) is 0 Å².